The van der Waals surface area contributed by atoms with Crippen molar-refractivity contribution in [3.05, 3.63) is 59.7 Å². The molecule has 2 amide bonds. The summed E-state index contributed by atoms with van der Waals surface area (Å²) in [6.45, 7) is 5.13. The Morgan fingerprint density at radius 1 is 1.18 bits per heavy atom. The molecule has 1 aliphatic rings. The van der Waals surface area contributed by atoms with Gasteiger partial charge in [-0.2, -0.15) is 0 Å². The molecule has 0 bridgehead atoms. The van der Waals surface area contributed by atoms with Gasteiger partial charge in [0.1, 0.15) is 0 Å². The van der Waals surface area contributed by atoms with Gasteiger partial charge in [0.2, 0.25) is 5.91 Å². The molecule has 2 aromatic carbocycles. The first kappa shape index (κ1) is 20.4. The van der Waals surface area contributed by atoms with E-state index in [0.717, 1.165) is 24.3 Å². The number of rotatable bonds is 7. The highest BCUT2D eigenvalue weighted by molar-refractivity contribution is 8.00. The number of anilines is 1. The maximum atomic E-state index is 12.6. The molecule has 148 valence electrons. The molecule has 2 atom stereocenters. The third kappa shape index (κ3) is 5.59. The van der Waals surface area contributed by atoms with E-state index in [0.29, 0.717) is 17.8 Å². The van der Waals surface area contributed by atoms with Crippen LogP contribution in [0.2, 0.25) is 0 Å². The Balaban J connectivity index is 1.60. The van der Waals surface area contributed by atoms with Gasteiger partial charge >= 0.3 is 0 Å². The Bertz CT molecular complexity index is 817. The lowest BCUT2D eigenvalue weighted by Gasteiger charge is -2.16. The Morgan fingerprint density at radius 3 is 2.64 bits per heavy atom. The maximum absolute atomic E-state index is 12.6. The van der Waals surface area contributed by atoms with Gasteiger partial charge in [0.25, 0.3) is 5.91 Å². The highest BCUT2D eigenvalue weighted by atomic mass is 32.2. The molecule has 6 heteroatoms. The minimum atomic E-state index is -0.286. The van der Waals surface area contributed by atoms with Crippen LogP contribution in [0.25, 0.3) is 0 Å². The number of carbonyl (C=O) groups is 2. The average molecular weight is 399 g/mol. The van der Waals surface area contributed by atoms with Crippen LogP contribution in [0, 0.1) is 6.92 Å². The second-order valence-corrected chi connectivity index (χ2v) is 8.37. The van der Waals surface area contributed by atoms with Gasteiger partial charge in [0.05, 0.1) is 22.6 Å². The van der Waals surface area contributed by atoms with Crippen molar-refractivity contribution >= 4 is 29.3 Å². The van der Waals surface area contributed by atoms with Gasteiger partial charge in [-0.25, -0.2) is 0 Å². The molecule has 0 unspecified atom stereocenters. The van der Waals surface area contributed by atoms with Crippen molar-refractivity contribution in [3.63, 3.8) is 0 Å². The molecule has 1 aliphatic heterocycles. The first-order chi connectivity index (χ1) is 13.5. The average Bonchev–Trinajstić information content (AvgIpc) is 3.22. The van der Waals surface area contributed by atoms with E-state index in [1.807, 2.05) is 44.2 Å². The zero-order chi connectivity index (χ0) is 19.9. The molecule has 28 heavy (non-hydrogen) atoms. The smallest absolute Gasteiger partial charge is 0.253 e. The van der Waals surface area contributed by atoms with Gasteiger partial charge in [-0.15, -0.1) is 11.8 Å². The third-order valence-electron chi connectivity index (χ3n) is 4.65. The fraction of sp³-hybridized carbons (Fsp3) is 0.364. The van der Waals surface area contributed by atoms with Crippen molar-refractivity contribution in [2.24, 2.45) is 0 Å². The molecule has 3 rings (SSSR count). The number of thioether (sulfide) groups is 1. The van der Waals surface area contributed by atoms with Crippen LogP contribution in [0.4, 0.5) is 5.69 Å². The van der Waals surface area contributed by atoms with Gasteiger partial charge in [0.15, 0.2) is 0 Å². The van der Waals surface area contributed by atoms with E-state index < -0.39 is 0 Å². The molecule has 0 spiro atoms. The molecule has 1 saturated heterocycles. The van der Waals surface area contributed by atoms with Crippen molar-refractivity contribution < 1.29 is 14.3 Å². The Labute approximate surface area is 170 Å². The number of amides is 2. The summed E-state index contributed by atoms with van der Waals surface area (Å²) in [5.74, 6) is -0.338. The molecule has 0 radical (unpaired) electrons. The molecule has 2 N–H and O–H groups in total. The number of hydrogen-bond donors (Lipinski definition) is 2. The van der Waals surface area contributed by atoms with Gasteiger partial charge in [-0.3, -0.25) is 9.59 Å². The largest absolute Gasteiger partial charge is 0.376 e. The van der Waals surface area contributed by atoms with Crippen LogP contribution in [-0.4, -0.2) is 36.3 Å². The quantitative estimate of drug-likeness (QED) is 0.691. The molecule has 0 saturated carbocycles. The number of hydrogen-bond acceptors (Lipinski definition) is 4. The van der Waals surface area contributed by atoms with E-state index in [1.165, 1.54) is 17.3 Å². The second-order valence-electron chi connectivity index (χ2n) is 6.95. The number of para-hydroxylation sites is 1. The summed E-state index contributed by atoms with van der Waals surface area (Å²) in [5, 5.41) is 5.52. The van der Waals surface area contributed by atoms with Gasteiger partial charge in [-0.1, -0.05) is 29.8 Å². The standard InChI is InChI=1S/C22H26N2O3S/c1-15-9-11-18(12-10-15)28-16(2)21(25)24-20-8-4-3-7-19(20)22(26)23-14-17-6-5-13-27-17/h3-4,7-12,16-17H,5-6,13-14H2,1-2H3,(H,23,26)(H,24,25)/t16-,17-/m1/s1. The van der Waals surface area contributed by atoms with Crippen LogP contribution in [0.3, 0.4) is 0 Å². The van der Waals surface area contributed by atoms with Crippen molar-refractivity contribution in [3.8, 4) is 0 Å². The topological polar surface area (TPSA) is 67.4 Å². The number of aryl methyl sites for hydroxylation is 1. The normalized spacial score (nSPS) is 17.1. The summed E-state index contributed by atoms with van der Waals surface area (Å²) in [6.07, 6.45) is 2.08. The fourth-order valence-electron chi connectivity index (χ4n) is 3.01. The summed E-state index contributed by atoms with van der Waals surface area (Å²) in [5.41, 5.74) is 2.17. The SMILES string of the molecule is Cc1ccc(S[C@H](C)C(=O)Nc2ccccc2C(=O)NC[C@H]2CCCO2)cc1. The highest BCUT2D eigenvalue weighted by Gasteiger charge is 2.20. The molecule has 5 nitrogen and oxygen atoms in total. The Kier molecular flexibility index (Phi) is 7.12. The molecular weight excluding hydrogens is 372 g/mol. The van der Waals surface area contributed by atoms with Crippen LogP contribution < -0.4 is 10.6 Å². The minimum absolute atomic E-state index is 0.0802. The molecule has 2 aromatic rings. The van der Waals surface area contributed by atoms with E-state index in [4.69, 9.17) is 4.74 Å². The number of ether oxygens (including phenoxy) is 1. The summed E-state index contributed by atoms with van der Waals surface area (Å²) < 4.78 is 5.54. The molecular formula is C22H26N2O3S. The predicted octanol–water partition coefficient (Wildman–Crippen LogP) is 4.02. The summed E-state index contributed by atoms with van der Waals surface area (Å²) in [7, 11) is 0. The second kappa shape index (κ2) is 9.75. The Morgan fingerprint density at radius 2 is 1.93 bits per heavy atom. The summed E-state index contributed by atoms with van der Waals surface area (Å²) >= 11 is 1.49. The lowest BCUT2D eigenvalue weighted by molar-refractivity contribution is -0.115. The van der Waals surface area contributed by atoms with E-state index in [9.17, 15) is 9.59 Å². The van der Waals surface area contributed by atoms with E-state index in [2.05, 4.69) is 10.6 Å². The van der Waals surface area contributed by atoms with Crippen molar-refractivity contribution in [2.75, 3.05) is 18.5 Å². The zero-order valence-electron chi connectivity index (χ0n) is 16.2. The number of nitrogens with one attached hydrogen (secondary N) is 2. The molecule has 1 heterocycles. The zero-order valence-corrected chi connectivity index (χ0v) is 17.1. The number of carbonyl (C=O) groups excluding carboxylic acids is 2. The van der Waals surface area contributed by atoms with Crippen LogP contribution in [0.1, 0.15) is 35.7 Å². The van der Waals surface area contributed by atoms with Crippen molar-refractivity contribution in [1.29, 1.82) is 0 Å². The van der Waals surface area contributed by atoms with Gasteiger partial charge < -0.3 is 15.4 Å². The Hall–Kier alpha value is -2.31. The van der Waals surface area contributed by atoms with Crippen molar-refractivity contribution in [1.82, 2.24) is 5.32 Å². The van der Waals surface area contributed by atoms with Crippen LogP contribution in [-0.2, 0) is 9.53 Å². The van der Waals surface area contributed by atoms with Gasteiger partial charge in [0, 0.05) is 18.0 Å². The summed E-state index contributed by atoms with van der Waals surface area (Å²) in [4.78, 5) is 26.3. The highest BCUT2D eigenvalue weighted by Crippen LogP contribution is 2.25. The first-order valence-corrected chi connectivity index (χ1v) is 10.4. The van der Waals surface area contributed by atoms with Crippen LogP contribution >= 0.6 is 11.8 Å². The predicted molar refractivity (Wildman–Crippen MR) is 113 cm³/mol. The monoisotopic (exact) mass is 398 g/mol. The van der Waals surface area contributed by atoms with E-state index in [-0.39, 0.29) is 23.2 Å². The maximum Gasteiger partial charge on any atom is 0.253 e. The summed E-state index contributed by atoms with van der Waals surface area (Å²) in [6, 6.07) is 15.2. The van der Waals surface area contributed by atoms with Crippen LogP contribution in [0.5, 0.6) is 0 Å². The lowest BCUT2D eigenvalue weighted by atomic mass is 10.1. The minimum Gasteiger partial charge on any atom is -0.376 e. The van der Waals surface area contributed by atoms with E-state index >= 15 is 0 Å². The first-order valence-electron chi connectivity index (χ1n) is 9.56. The van der Waals surface area contributed by atoms with Crippen LogP contribution in [0.15, 0.2) is 53.4 Å². The molecule has 1 fully saturated rings. The van der Waals surface area contributed by atoms with Gasteiger partial charge in [-0.05, 0) is 51.0 Å². The molecule has 0 aromatic heterocycles. The van der Waals surface area contributed by atoms with Crippen molar-refractivity contribution in [2.45, 2.75) is 42.9 Å². The lowest BCUT2D eigenvalue weighted by Crippen LogP contribution is -2.32. The van der Waals surface area contributed by atoms with E-state index in [1.54, 1.807) is 18.2 Å². The number of benzene rings is 2. The fourth-order valence-corrected chi connectivity index (χ4v) is 3.87. The molecule has 0 aliphatic carbocycles. The third-order valence-corrected chi connectivity index (χ3v) is 5.76.